The molecule has 9 rings (SSSR count). The Balaban J connectivity index is 1.21. The average molecular weight is 785 g/mol. The van der Waals surface area contributed by atoms with E-state index in [1.807, 2.05) is 58.3 Å². The van der Waals surface area contributed by atoms with E-state index in [0.717, 1.165) is 56.7 Å². The van der Waals surface area contributed by atoms with Crippen molar-refractivity contribution in [2.24, 2.45) is 0 Å². The van der Waals surface area contributed by atoms with Crippen LogP contribution in [-0.2, 0) is 10.8 Å². The Labute approximate surface area is 328 Å². The van der Waals surface area contributed by atoms with E-state index in [4.69, 9.17) is 22.6 Å². The van der Waals surface area contributed by atoms with Gasteiger partial charge in [-0.2, -0.15) is 0 Å². The van der Waals surface area contributed by atoms with Crippen LogP contribution < -0.4 is 9.47 Å². The van der Waals surface area contributed by atoms with Gasteiger partial charge in [-0.3, -0.25) is 0 Å². The summed E-state index contributed by atoms with van der Waals surface area (Å²) < 4.78 is 14.8. The van der Waals surface area contributed by atoms with Crippen molar-refractivity contribution >= 4 is 89.9 Å². The van der Waals surface area contributed by atoms with Gasteiger partial charge in [-0.05, 0) is 78.8 Å². The van der Waals surface area contributed by atoms with Gasteiger partial charge in [-0.15, -0.1) is 56.7 Å². The van der Waals surface area contributed by atoms with Crippen molar-refractivity contribution < 1.29 is 9.47 Å². The van der Waals surface area contributed by atoms with E-state index < -0.39 is 0 Å². The number of methoxy groups -OCH3 is 2. The summed E-state index contributed by atoms with van der Waals surface area (Å²) in [6.07, 6.45) is 17.7. The highest BCUT2D eigenvalue weighted by Gasteiger charge is 2.52. The first-order valence-electron chi connectivity index (χ1n) is 17.7. The van der Waals surface area contributed by atoms with Crippen molar-refractivity contribution in [3.05, 3.63) is 88.6 Å². The standard InChI is InChI=1S/C42H32N4O2S5/c1-45-23(21-43)15-25-17-29(47-3)35(49-25)27-19-31-33(41(27)11-7-5-8-12-41)38-40(51-31)34-39(53-38)36-28(42(34)13-9-6-10-14-42)20-32(52-36)37-30(48-4)18-26(50-37)16-24(22-44)46-2/h15-20H,5-14H2,3-4H3/b23-15+,24-16-. The van der Waals surface area contributed by atoms with Crippen LogP contribution in [0.25, 0.3) is 62.4 Å². The van der Waals surface area contributed by atoms with Crippen LogP contribution in [0.15, 0.2) is 29.6 Å². The number of allylic oxidation sites excluding steroid dienone is 3. The molecule has 4 aliphatic rings. The van der Waals surface area contributed by atoms with E-state index >= 15 is 0 Å². The molecule has 2 spiro atoms. The van der Waals surface area contributed by atoms with E-state index in [9.17, 15) is 10.5 Å². The van der Waals surface area contributed by atoms with Crippen molar-refractivity contribution in [1.82, 2.24) is 0 Å². The predicted molar refractivity (Wildman–Crippen MR) is 221 cm³/mol. The summed E-state index contributed by atoms with van der Waals surface area (Å²) in [6.45, 7) is 14.8. The smallest absolute Gasteiger partial charge is 0.263 e. The lowest BCUT2D eigenvalue weighted by molar-refractivity contribution is 0.356. The van der Waals surface area contributed by atoms with E-state index in [0.29, 0.717) is 0 Å². The van der Waals surface area contributed by atoms with Gasteiger partial charge < -0.3 is 9.47 Å². The van der Waals surface area contributed by atoms with E-state index in [2.05, 4.69) is 21.8 Å². The Morgan fingerprint density at radius 2 is 1.25 bits per heavy atom. The van der Waals surface area contributed by atoms with E-state index in [-0.39, 0.29) is 22.2 Å². The summed E-state index contributed by atoms with van der Waals surface area (Å²) >= 11 is 9.10. The molecule has 0 atom stereocenters. The van der Waals surface area contributed by atoms with Gasteiger partial charge in [0, 0.05) is 40.8 Å². The van der Waals surface area contributed by atoms with Crippen molar-refractivity contribution in [2.45, 2.75) is 75.0 Å². The minimum Gasteiger partial charge on any atom is -0.495 e. The Bertz CT molecular complexity index is 2580. The van der Waals surface area contributed by atoms with Crippen LogP contribution in [0.2, 0.25) is 0 Å². The highest BCUT2D eigenvalue weighted by Crippen LogP contribution is 2.69. The predicted octanol–water partition coefficient (Wildman–Crippen LogP) is 13.4. The van der Waals surface area contributed by atoms with Gasteiger partial charge in [0.25, 0.3) is 11.4 Å². The van der Waals surface area contributed by atoms with Crippen molar-refractivity contribution in [1.29, 1.82) is 10.5 Å². The molecule has 0 aliphatic heterocycles. The molecule has 5 aromatic rings. The van der Waals surface area contributed by atoms with Gasteiger partial charge in [0.05, 0.1) is 63.5 Å². The molecule has 6 nitrogen and oxygen atoms in total. The minimum atomic E-state index is -0.0908. The molecule has 262 valence electrons. The molecule has 0 amide bonds. The van der Waals surface area contributed by atoms with Crippen LogP contribution >= 0.6 is 56.7 Å². The van der Waals surface area contributed by atoms with Crippen LogP contribution in [0.3, 0.4) is 0 Å². The maximum atomic E-state index is 9.46. The van der Waals surface area contributed by atoms with Gasteiger partial charge in [-0.1, -0.05) is 38.5 Å². The summed E-state index contributed by atoms with van der Waals surface area (Å²) in [5, 5.41) is 18.9. The van der Waals surface area contributed by atoms with Crippen molar-refractivity contribution in [3.8, 4) is 43.1 Å². The maximum Gasteiger partial charge on any atom is 0.263 e. The van der Waals surface area contributed by atoms with Crippen LogP contribution in [0.1, 0.15) is 100 Å². The average Bonchev–Trinajstić information content (AvgIpc) is 4.05. The van der Waals surface area contributed by atoms with Crippen LogP contribution in [-0.4, -0.2) is 14.2 Å². The lowest BCUT2D eigenvalue weighted by Crippen LogP contribution is -2.28. The van der Waals surface area contributed by atoms with Gasteiger partial charge in [0.1, 0.15) is 11.5 Å². The second-order valence-electron chi connectivity index (χ2n) is 14.1. The van der Waals surface area contributed by atoms with Crippen molar-refractivity contribution in [3.63, 3.8) is 0 Å². The van der Waals surface area contributed by atoms with Crippen LogP contribution in [0, 0.1) is 35.8 Å². The lowest BCUT2D eigenvalue weighted by Gasteiger charge is -2.37. The monoisotopic (exact) mass is 784 g/mol. The Morgan fingerprint density at radius 3 is 1.83 bits per heavy atom. The van der Waals surface area contributed by atoms with E-state index in [1.165, 1.54) is 84.1 Å². The highest BCUT2D eigenvalue weighted by molar-refractivity contribution is 7.33. The van der Waals surface area contributed by atoms with Crippen LogP contribution in [0.5, 0.6) is 11.5 Å². The molecule has 2 fully saturated rings. The second kappa shape index (κ2) is 13.1. The number of nitrogens with zero attached hydrogens (tertiary/aromatic N) is 4. The Kier molecular flexibility index (Phi) is 8.50. The van der Waals surface area contributed by atoms with Crippen molar-refractivity contribution in [2.75, 3.05) is 14.2 Å². The highest BCUT2D eigenvalue weighted by atomic mass is 32.1. The number of fused-ring (bicyclic) bond motifs is 10. The fourth-order valence-electron chi connectivity index (χ4n) is 9.34. The van der Waals surface area contributed by atoms with Gasteiger partial charge in [0.2, 0.25) is 0 Å². The molecule has 0 N–H and O–H groups in total. The number of nitriles is 2. The normalized spacial score (nSPS) is 18.2. The maximum absolute atomic E-state index is 9.46. The zero-order chi connectivity index (χ0) is 36.5. The molecule has 2 saturated carbocycles. The number of ether oxygens (including phenoxy) is 2. The SMILES string of the molecule is [C-]#[N+]/C(C#N)=C\c1cc(OC)c(-c2cc3c(s2)-c2sc4c5c(sc4c2C32CCCCC2)C=C(c2sc(/C=C(\C#N)[N+]#[C-])cc2OC)C52CCCCC2)s1. The lowest BCUT2D eigenvalue weighted by atomic mass is 9.66. The first-order valence-corrected chi connectivity index (χ1v) is 21.8. The number of rotatable bonds is 6. The quantitative estimate of drug-likeness (QED) is 0.127. The van der Waals surface area contributed by atoms with Crippen LogP contribution in [0.4, 0.5) is 0 Å². The summed E-state index contributed by atoms with van der Waals surface area (Å²) in [5.74, 6) is 1.60. The number of thiophene rings is 5. The second-order valence-corrected chi connectivity index (χ2v) is 19.4. The van der Waals surface area contributed by atoms with Gasteiger partial charge in [0.15, 0.2) is 0 Å². The molecular weight excluding hydrogens is 753 g/mol. The molecule has 5 heterocycles. The fourth-order valence-corrected chi connectivity index (χ4v) is 16.3. The summed E-state index contributed by atoms with van der Waals surface area (Å²) in [6, 6.07) is 10.4. The molecule has 0 unspecified atom stereocenters. The number of hydrogen-bond donors (Lipinski definition) is 0. The number of hydrogen-bond acceptors (Lipinski definition) is 9. The minimum absolute atomic E-state index is 0.00560. The molecule has 0 aromatic carbocycles. The summed E-state index contributed by atoms with van der Waals surface area (Å²) in [5.41, 5.74) is 5.98. The van der Waals surface area contributed by atoms with E-state index in [1.54, 1.807) is 54.6 Å². The zero-order valence-corrected chi connectivity index (χ0v) is 33.3. The molecule has 5 aromatic heterocycles. The molecule has 0 bridgehead atoms. The first kappa shape index (κ1) is 34.3. The Morgan fingerprint density at radius 1 is 0.679 bits per heavy atom. The zero-order valence-electron chi connectivity index (χ0n) is 29.2. The molecule has 0 radical (unpaired) electrons. The summed E-state index contributed by atoms with van der Waals surface area (Å²) in [4.78, 5) is 16.1. The third kappa shape index (κ3) is 5.06. The molecule has 53 heavy (non-hydrogen) atoms. The molecule has 11 heteroatoms. The third-order valence-corrected chi connectivity index (χ3v) is 17.7. The summed E-state index contributed by atoms with van der Waals surface area (Å²) in [7, 11) is 3.41. The largest absolute Gasteiger partial charge is 0.495 e. The van der Waals surface area contributed by atoms with Gasteiger partial charge >= 0.3 is 0 Å². The molecule has 0 saturated heterocycles. The molecular formula is C42H32N4O2S5. The first-order chi connectivity index (χ1) is 25.9. The molecule has 4 aliphatic carbocycles. The Hall–Kier alpha value is -4.46. The fraction of sp³-hybridized carbons (Fsp3) is 0.333. The topological polar surface area (TPSA) is 74.8 Å². The van der Waals surface area contributed by atoms with Gasteiger partial charge in [-0.25, -0.2) is 20.2 Å². The third-order valence-electron chi connectivity index (χ3n) is 11.5.